The summed E-state index contributed by atoms with van der Waals surface area (Å²) < 4.78 is 84.4. The first-order valence-corrected chi connectivity index (χ1v) is 10.1. The molecule has 4 nitrogen and oxygen atoms in total. The highest BCUT2D eigenvalue weighted by molar-refractivity contribution is 9.10. The lowest BCUT2D eigenvalue weighted by Crippen LogP contribution is -2.09. The highest BCUT2D eigenvalue weighted by Gasteiger charge is 2.29. The van der Waals surface area contributed by atoms with E-state index < -0.39 is 47.0 Å². The molecule has 0 aliphatic carbocycles. The van der Waals surface area contributed by atoms with Gasteiger partial charge in [-0.1, -0.05) is 15.9 Å². The number of allylic oxidation sites excluding steroid dienone is 1. The lowest BCUT2D eigenvalue weighted by atomic mass is 10.1. The molecule has 3 aromatic carbocycles. The average molecular weight is 527 g/mol. The molecule has 170 valence electrons. The molecule has 0 spiro atoms. The molecule has 1 aliphatic heterocycles. The van der Waals surface area contributed by atoms with Crippen LogP contribution in [0.2, 0.25) is 0 Å². The molecule has 0 bridgehead atoms. The maximum atomic E-state index is 13.8. The van der Waals surface area contributed by atoms with Crippen molar-refractivity contribution in [2.24, 2.45) is 0 Å². The predicted molar refractivity (Wildman–Crippen MR) is 111 cm³/mol. The van der Waals surface area contributed by atoms with E-state index in [-0.39, 0.29) is 22.8 Å². The largest absolute Gasteiger partial charge is 0.496 e. The molecule has 10 heteroatoms. The zero-order valence-corrected chi connectivity index (χ0v) is 18.2. The number of carbonyl (C=O) groups excluding carboxylic acids is 1. The van der Waals surface area contributed by atoms with Crippen LogP contribution in [0.25, 0.3) is 6.08 Å². The van der Waals surface area contributed by atoms with Gasteiger partial charge in [0.05, 0.1) is 18.2 Å². The Morgan fingerprint density at radius 3 is 2.27 bits per heavy atom. The summed E-state index contributed by atoms with van der Waals surface area (Å²) in [4.78, 5) is 12.7. The first-order valence-electron chi connectivity index (χ1n) is 9.26. The monoisotopic (exact) mass is 526 g/mol. The third-order valence-electron chi connectivity index (χ3n) is 4.80. The van der Waals surface area contributed by atoms with Crippen LogP contribution in [0.5, 0.6) is 17.2 Å². The van der Waals surface area contributed by atoms with E-state index >= 15 is 0 Å². The molecule has 0 N–H and O–H groups in total. The Morgan fingerprint density at radius 2 is 1.61 bits per heavy atom. The Bertz CT molecular complexity index is 1290. The number of methoxy groups -OCH3 is 1. The Labute approximate surface area is 192 Å². The maximum absolute atomic E-state index is 13.8. The lowest BCUT2D eigenvalue weighted by molar-refractivity contribution is 0.101. The minimum Gasteiger partial charge on any atom is -0.496 e. The molecule has 0 aromatic heterocycles. The second-order valence-electron chi connectivity index (χ2n) is 6.82. The van der Waals surface area contributed by atoms with E-state index in [1.54, 1.807) is 18.2 Å². The van der Waals surface area contributed by atoms with Crippen LogP contribution in [0.4, 0.5) is 22.0 Å². The van der Waals surface area contributed by atoms with Gasteiger partial charge in [0.15, 0.2) is 29.0 Å². The van der Waals surface area contributed by atoms with Gasteiger partial charge in [0.2, 0.25) is 11.6 Å². The van der Waals surface area contributed by atoms with Crippen molar-refractivity contribution in [3.05, 3.63) is 92.4 Å². The minimum absolute atomic E-state index is 0.00156. The summed E-state index contributed by atoms with van der Waals surface area (Å²) in [6.45, 7) is -0.934. The molecule has 3 aromatic rings. The number of Topliss-reactive ketones (excluding diaryl/α,β-unsaturated/α-hetero) is 1. The molecule has 0 radical (unpaired) electrons. The number of halogens is 6. The third-order valence-corrected chi connectivity index (χ3v) is 5.30. The molecular weight excluding hydrogens is 515 g/mol. The number of fused-ring (bicyclic) bond motifs is 1. The normalized spacial score (nSPS) is 13.8. The topological polar surface area (TPSA) is 44.8 Å². The molecule has 0 unspecified atom stereocenters. The minimum atomic E-state index is -2.25. The zero-order valence-electron chi connectivity index (χ0n) is 16.6. The van der Waals surface area contributed by atoms with Crippen LogP contribution < -0.4 is 14.2 Å². The number of rotatable bonds is 5. The molecule has 0 saturated heterocycles. The van der Waals surface area contributed by atoms with Gasteiger partial charge in [-0.05, 0) is 36.4 Å². The van der Waals surface area contributed by atoms with Crippen molar-refractivity contribution >= 4 is 27.8 Å². The van der Waals surface area contributed by atoms with Crippen molar-refractivity contribution in [3.8, 4) is 17.2 Å². The van der Waals surface area contributed by atoms with Crippen LogP contribution in [0, 0.1) is 29.1 Å². The van der Waals surface area contributed by atoms with Gasteiger partial charge in [-0.3, -0.25) is 4.79 Å². The molecule has 0 saturated carbocycles. The summed E-state index contributed by atoms with van der Waals surface area (Å²) in [6, 6.07) is 9.15. The standard InChI is InChI=1S/C23H12BrF5O4/c1-31-15-5-2-11(24)6-10(15)7-17-23(30)13-4-3-12(8-16(13)33-17)32-9-14-18(25)20(27)22(29)21(28)19(14)26/h2-8H,9H2,1H3/b17-7-. The van der Waals surface area contributed by atoms with Gasteiger partial charge in [-0.15, -0.1) is 0 Å². The lowest BCUT2D eigenvalue weighted by Gasteiger charge is -2.10. The van der Waals surface area contributed by atoms with Crippen LogP contribution >= 0.6 is 15.9 Å². The summed E-state index contributed by atoms with van der Waals surface area (Å²) in [7, 11) is 1.48. The predicted octanol–water partition coefficient (Wildman–Crippen LogP) is 6.35. The van der Waals surface area contributed by atoms with Gasteiger partial charge < -0.3 is 14.2 Å². The molecule has 1 aliphatic rings. The molecule has 0 amide bonds. The van der Waals surface area contributed by atoms with E-state index in [4.69, 9.17) is 14.2 Å². The van der Waals surface area contributed by atoms with Crippen molar-refractivity contribution < 1.29 is 41.0 Å². The summed E-state index contributed by atoms with van der Waals surface area (Å²) in [5.41, 5.74) is -0.337. The number of carbonyl (C=O) groups is 1. The summed E-state index contributed by atoms with van der Waals surface area (Å²) >= 11 is 3.34. The molecule has 33 heavy (non-hydrogen) atoms. The van der Waals surface area contributed by atoms with E-state index in [1.165, 1.54) is 31.4 Å². The second kappa shape index (κ2) is 8.86. The van der Waals surface area contributed by atoms with Crippen molar-refractivity contribution in [2.75, 3.05) is 7.11 Å². The quantitative estimate of drug-likeness (QED) is 0.168. The van der Waals surface area contributed by atoms with Gasteiger partial charge in [0, 0.05) is 16.1 Å². The van der Waals surface area contributed by atoms with Gasteiger partial charge in [0.25, 0.3) is 0 Å². The smallest absolute Gasteiger partial charge is 0.231 e. The number of ether oxygens (including phenoxy) is 3. The fraction of sp³-hybridized carbons (Fsp3) is 0.0870. The molecule has 1 heterocycles. The van der Waals surface area contributed by atoms with Crippen LogP contribution in [0.1, 0.15) is 21.5 Å². The van der Waals surface area contributed by atoms with Crippen LogP contribution in [-0.4, -0.2) is 12.9 Å². The van der Waals surface area contributed by atoms with Crippen LogP contribution in [0.15, 0.2) is 46.6 Å². The van der Waals surface area contributed by atoms with Crippen LogP contribution in [-0.2, 0) is 6.61 Å². The second-order valence-corrected chi connectivity index (χ2v) is 7.74. The molecule has 0 atom stereocenters. The van der Waals surface area contributed by atoms with Gasteiger partial charge in [-0.2, -0.15) is 0 Å². The fourth-order valence-electron chi connectivity index (χ4n) is 3.15. The van der Waals surface area contributed by atoms with Gasteiger partial charge in [0.1, 0.15) is 23.9 Å². The zero-order chi connectivity index (χ0) is 23.9. The van der Waals surface area contributed by atoms with E-state index in [2.05, 4.69) is 15.9 Å². The molecular formula is C23H12BrF5O4. The van der Waals surface area contributed by atoms with Gasteiger partial charge >= 0.3 is 0 Å². The Hall–Kier alpha value is -3.40. The SMILES string of the molecule is COc1ccc(Br)cc1/C=C1\Oc2cc(OCc3c(F)c(F)c(F)c(F)c3F)ccc2C1=O. The van der Waals surface area contributed by atoms with Crippen LogP contribution in [0.3, 0.4) is 0 Å². The summed E-state index contributed by atoms with van der Waals surface area (Å²) in [5, 5.41) is 0. The van der Waals surface area contributed by atoms with Crippen molar-refractivity contribution in [2.45, 2.75) is 6.61 Å². The average Bonchev–Trinajstić information content (AvgIpc) is 3.11. The summed E-state index contributed by atoms with van der Waals surface area (Å²) in [6.07, 6.45) is 1.49. The third kappa shape index (κ3) is 4.18. The van der Waals surface area contributed by atoms with E-state index in [0.717, 1.165) is 4.47 Å². The fourth-order valence-corrected chi connectivity index (χ4v) is 3.53. The van der Waals surface area contributed by atoms with Crippen molar-refractivity contribution in [1.82, 2.24) is 0 Å². The Morgan fingerprint density at radius 1 is 0.939 bits per heavy atom. The first kappa shape index (κ1) is 22.8. The highest BCUT2D eigenvalue weighted by atomic mass is 79.9. The first-order chi connectivity index (χ1) is 15.7. The number of ketones is 1. The number of hydrogen-bond donors (Lipinski definition) is 0. The molecule has 4 rings (SSSR count). The Balaban J connectivity index is 1.58. The van der Waals surface area contributed by atoms with Gasteiger partial charge in [-0.25, -0.2) is 22.0 Å². The summed E-state index contributed by atoms with van der Waals surface area (Å²) in [5.74, 6) is -10.1. The van der Waals surface area contributed by atoms with E-state index in [9.17, 15) is 26.7 Å². The Kier molecular flexibility index (Phi) is 6.11. The van der Waals surface area contributed by atoms with Crippen molar-refractivity contribution in [1.29, 1.82) is 0 Å². The number of hydrogen-bond acceptors (Lipinski definition) is 4. The maximum Gasteiger partial charge on any atom is 0.231 e. The van der Waals surface area contributed by atoms with Crippen molar-refractivity contribution in [3.63, 3.8) is 0 Å². The number of benzene rings is 3. The molecule has 0 fully saturated rings. The van der Waals surface area contributed by atoms with E-state index in [1.807, 2.05) is 0 Å². The van der Waals surface area contributed by atoms with E-state index in [0.29, 0.717) is 11.3 Å². The highest BCUT2D eigenvalue weighted by Crippen LogP contribution is 2.36.